The van der Waals surface area contributed by atoms with Crippen LogP contribution in [0.2, 0.25) is 0 Å². The van der Waals surface area contributed by atoms with Crippen LogP contribution in [-0.2, 0) is 0 Å². The maximum Gasteiger partial charge on any atom is 0.122 e. The predicted molar refractivity (Wildman–Crippen MR) is 179 cm³/mol. The minimum atomic E-state index is -0.0480. The molecule has 0 saturated heterocycles. The Labute approximate surface area is 250 Å². The molecule has 0 aromatic heterocycles. The van der Waals surface area contributed by atoms with Crippen molar-refractivity contribution in [2.45, 2.75) is 92.4 Å². The van der Waals surface area contributed by atoms with Gasteiger partial charge in [-0.2, -0.15) is 24.4 Å². The van der Waals surface area contributed by atoms with Crippen molar-refractivity contribution in [3.63, 3.8) is 0 Å². The number of hydrazine groups is 1. The molecule has 2 atom stereocenters. The molecule has 1 aromatic rings. The van der Waals surface area contributed by atoms with Gasteiger partial charge in [0, 0.05) is 31.5 Å². The monoisotopic (exact) mass is 574 g/mol. The fourth-order valence-corrected chi connectivity index (χ4v) is 5.75. The molecular formula is C34H55FN2S2. The summed E-state index contributed by atoms with van der Waals surface area (Å²) in [4.78, 5) is 0. The third-order valence-electron chi connectivity index (χ3n) is 7.47. The Morgan fingerprint density at radius 1 is 1.18 bits per heavy atom. The van der Waals surface area contributed by atoms with Crippen LogP contribution in [0.4, 0.5) is 4.39 Å². The highest BCUT2D eigenvalue weighted by Gasteiger charge is 2.18. The lowest BCUT2D eigenvalue weighted by Gasteiger charge is -2.22. The van der Waals surface area contributed by atoms with Crippen LogP contribution in [0.25, 0.3) is 0 Å². The molecule has 0 spiro atoms. The van der Waals surface area contributed by atoms with Gasteiger partial charge in [0.1, 0.15) is 5.83 Å². The fraction of sp³-hybridized carbons (Fsp3) is 0.588. The third-order valence-corrected chi connectivity index (χ3v) is 8.68. The van der Waals surface area contributed by atoms with Crippen LogP contribution in [0.5, 0.6) is 0 Å². The molecule has 0 heterocycles. The molecule has 39 heavy (non-hydrogen) atoms. The average molecular weight is 575 g/mol. The summed E-state index contributed by atoms with van der Waals surface area (Å²) in [5, 5.41) is 2.15. The van der Waals surface area contributed by atoms with Crippen LogP contribution in [0.15, 0.2) is 65.2 Å². The van der Waals surface area contributed by atoms with Crippen molar-refractivity contribution >= 4 is 24.4 Å². The zero-order chi connectivity index (χ0) is 29.4. The molecule has 1 N–H and O–H groups in total. The van der Waals surface area contributed by atoms with Gasteiger partial charge in [-0.1, -0.05) is 75.6 Å². The first-order valence-corrected chi connectivity index (χ1v) is 16.7. The van der Waals surface area contributed by atoms with Crippen molar-refractivity contribution in [2.75, 3.05) is 31.4 Å². The molecule has 0 bridgehead atoms. The van der Waals surface area contributed by atoms with Gasteiger partial charge in [-0.05, 0) is 98.6 Å². The Balaban J connectivity index is 0.00000371. The van der Waals surface area contributed by atoms with E-state index in [2.05, 4.69) is 108 Å². The van der Waals surface area contributed by atoms with Gasteiger partial charge in [-0.25, -0.2) is 9.82 Å². The number of thioether (sulfide) groups is 1. The Hall–Kier alpha value is -1.43. The second-order valence-electron chi connectivity index (χ2n) is 11.1. The molecule has 0 radical (unpaired) electrons. The second-order valence-corrected chi connectivity index (χ2v) is 12.2. The fourth-order valence-electron chi connectivity index (χ4n) is 4.57. The molecule has 0 aliphatic heterocycles. The highest BCUT2D eigenvalue weighted by Crippen LogP contribution is 2.35. The zero-order valence-electron chi connectivity index (χ0n) is 26.1. The summed E-state index contributed by atoms with van der Waals surface area (Å²) in [6.45, 7) is 16.5. The van der Waals surface area contributed by atoms with E-state index in [-0.39, 0.29) is 11.7 Å². The molecular weight excluding hydrogens is 520 g/mol. The SMILES string of the molecule is CCC(C)CSC/C=C(\C)CCN(/C=C(\C)CCC1=CCC(c2ccc(C)c(C(C)C)c2)C=C1F)NC.CS. The van der Waals surface area contributed by atoms with E-state index in [0.717, 1.165) is 49.5 Å². The maximum absolute atomic E-state index is 15.0. The summed E-state index contributed by atoms with van der Waals surface area (Å²) >= 11 is 5.56. The number of nitrogens with zero attached hydrogens (tertiary/aromatic N) is 1. The Morgan fingerprint density at radius 3 is 2.51 bits per heavy atom. The van der Waals surface area contributed by atoms with E-state index < -0.39 is 0 Å². The highest BCUT2D eigenvalue weighted by atomic mass is 32.2. The van der Waals surface area contributed by atoms with Gasteiger partial charge in [0.2, 0.25) is 0 Å². The molecule has 0 fully saturated rings. The molecule has 2 rings (SSSR count). The zero-order valence-corrected chi connectivity index (χ0v) is 27.8. The van der Waals surface area contributed by atoms with Crippen molar-refractivity contribution in [1.82, 2.24) is 10.4 Å². The first-order valence-electron chi connectivity index (χ1n) is 14.6. The van der Waals surface area contributed by atoms with Crippen LogP contribution in [0, 0.1) is 12.8 Å². The first kappa shape index (κ1) is 35.6. The maximum atomic E-state index is 15.0. The summed E-state index contributed by atoms with van der Waals surface area (Å²) in [5.41, 5.74) is 10.7. The van der Waals surface area contributed by atoms with Crippen molar-refractivity contribution in [1.29, 1.82) is 0 Å². The normalized spacial score (nSPS) is 16.9. The lowest BCUT2D eigenvalue weighted by atomic mass is 9.85. The number of hydrogen-bond acceptors (Lipinski definition) is 4. The standard InChI is InChI=1S/C33H51FN2S.CH4S/c1-9-25(4)23-37-19-17-26(5)16-18-36(35-8)22-27(6)10-12-29-14-15-31(21-33(29)34)30-13-11-28(7)32(20-30)24(2)3;1-2/h11,13-14,17,20-22,24-25,31,35H,9-10,12,15-16,18-19,23H2,1-8H3;2H,1H3/b26-17+,27-22+;. The second kappa shape index (κ2) is 19.6. The number of allylic oxidation sites excluding steroid dienone is 5. The van der Waals surface area contributed by atoms with Gasteiger partial charge in [0.15, 0.2) is 0 Å². The van der Waals surface area contributed by atoms with Gasteiger partial charge in [-0.15, -0.1) is 0 Å². The topological polar surface area (TPSA) is 15.3 Å². The lowest BCUT2D eigenvalue weighted by Crippen LogP contribution is -2.31. The van der Waals surface area contributed by atoms with Crippen molar-refractivity contribution in [2.24, 2.45) is 5.92 Å². The van der Waals surface area contributed by atoms with E-state index in [1.54, 1.807) is 6.26 Å². The summed E-state index contributed by atoms with van der Waals surface area (Å²) in [5.74, 6) is 3.70. The smallest absolute Gasteiger partial charge is 0.122 e. The van der Waals surface area contributed by atoms with Gasteiger partial charge in [0.05, 0.1) is 0 Å². The molecule has 220 valence electrons. The minimum Gasteiger partial charge on any atom is -0.316 e. The number of hydrogen-bond donors (Lipinski definition) is 2. The van der Waals surface area contributed by atoms with Gasteiger partial charge < -0.3 is 5.01 Å². The van der Waals surface area contributed by atoms with E-state index in [9.17, 15) is 0 Å². The largest absolute Gasteiger partial charge is 0.316 e. The van der Waals surface area contributed by atoms with Crippen molar-refractivity contribution < 1.29 is 4.39 Å². The molecule has 0 amide bonds. The van der Waals surface area contributed by atoms with E-state index in [0.29, 0.717) is 5.92 Å². The van der Waals surface area contributed by atoms with Crippen LogP contribution < -0.4 is 5.43 Å². The van der Waals surface area contributed by atoms with Gasteiger partial charge in [-0.3, -0.25) is 0 Å². The van der Waals surface area contributed by atoms with Crippen molar-refractivity contribution in [3.8, 4) is 0 Å². The average Bonchev–Trinajstić information content (AvgIpc) is 2.93. The van der Waals surface area contributed by atoms with E-state index in [1.807, 2.05) is 24.9 Å². The number of thiol groups is 1. The lowest BCUT2D eigenvalue weighted by molar-refractivity contribution is 0.299. The van der Waals surface area contributed by atoms with Crippen LogP contribution >= 0.6 is 24.4 Å². The summed E-state index contributed by atoms with van der Waals surface area (Å²) in [7, 11) is 1.97. The molecule has 5 heteroatoms. The van der Waals surface area contributed by atoms with Gasteiger partial charge >= 0.3 is 0 Å². The number of nitrogens with one attached hydrogen (secondary N) is 1. The number of halogens is 1. The van der Waals surface area contributed by atoms with Gasteiger partial charge in [0.25, 0.3) is 0 Å². The Bertz CT molecular complexity index is 977. The molecule has 2 unspecified atom stereocenters. The number of aryl methyl sites for hydroxylation is 1. The van der Waals surface area contributed by atoms with Crippen molar-refractivity contribution in [3.05, 3.63) is 81.9 Å². The first-order chi connectivity index (χ1) is 18.6. The summed E-state index contributed by atoms with van der Waals surface area (Å²) < 4.78 is 15.0. The van der Waals surface area contributed by atoms with E-state index >= 15 is 4.39 Å². The molecule has 1 aliphatic carbocycles. The minimum absolute atomic E-state index is 0.0480. The highest BCUT2D eigenvalue weighted by molar-refractivity contribution is 7.99. The molecule has 0 saturated carbocycles. The number of benzene rings is 1. The predicted octanol–water partition coefficient (Wildman–Crippen LogP) is 10.2. The number of rotatable bonds is 15. The van der Waals surface area contributed by atoms with E-state index in [4.69, 9.17) is 0 Å². The Kier molecular flexibility index (Phi) is 17.9. The summed E-state index contributed by atoms with van der Waals surface area (Å²) in [6, 6.07) is 6.62. The summed E-state index contributed by atoms with van der Waals surface area (Å²) in [6.07, 6.45) is 15.0. The molecule has 1 aliphatic rings. The molecule has 2 nitrogen and oxygen atoms in total. The third kappa shape index (κ3) is 13.2. The van der Waals surface area contributed by atoms with Crippen LogP contribution in [0.1, 0.15) is 102 Å². The molecule has 1 aromatic carbocycles. The van der Waals surface area contributed by atoms with E-state index in [1.165, 1.54) is 40.0 Å². The van der Waals surface area contributed by atoms with Crippen LogP contribution in [0.3, 0.4) is 0 Å². The Morgan fingerprint density at radius 2 is 1.90 bits per heavy atom. The van der Waals surface area contributed by atoms with Crippen LogP contribution in [-0.4, -0.2) is 36.4 Å². The quantitative estimate of drug-likeness (QED) is 0.0938.